The zero-order valence-corrected chi connectivity index (χ0v) is 17.3. The van der Waals surface area contributed by atoms with Crippen LogP contribution in [-0.4, -0.2) is 27.5 Å². The minimum atomic E-state index is -3.66. The summed E-state index contributed by atoms with van der Waals surface area (Å²) in [6.45, 7) is 6.51. The number of anilines is 1. The van der Waals surface area contributed by atoms with Gasteiger partial charge in [-0.3, -0.25) is 4.57 Å². The van der Waals surface area contributed by atoms with Crippen molar-refractivity contribution < 1.29 is 14.0 Å². The van der Waals surface area contributed by atoms with Gasteiger partial charge in [0.1, 0.15) is 5.82 Å². The van der Waals surface area contributed by atoms with E-state index in [1.807, 2.05) is 62.4 Å². The first-order chi connectivity index (χ1) is 13.4. The quantitative estimate of drug-likeness (QED) is 0.505. The van der Waals surface area contributed by atoms with Gasteiger partial charge in [-0.25, -0.2) is 9.97 Å². The number of benzene rings is 2. The lowest BCUT2D eigenvalue weighted by atomic mass is 10.1. The van der Waals surface area contributed by atoms with Crippen molar-refractivity contribution in [3.8, 4) is 11.4 Å². The van der Waals surface area contributed by atoms with Gasteiger partial charge < -0.3 is 14.7 Å². The molecule has 0 fully saturated rings. The Balaban J connectivity index is 1.86. The molecular formula is C21H26N3O3P. The van der Waals surface area contributed by atoms with Gasteiger partial charge >= 0.3 is 7.60 Å². The first kappa shape index (κ1) is 20.5. The molecule has 0 aliphatic heterocycles. The summed E-state index contributed by atoms with van der Waals surface area (Å²) in [4.78, 5) is 19.4. The van der Waals surface area contributed by atoms with E-state index in [0.29, 0.717) is 12.2 Å². The van der Waals surface area contributed by atoms with E-state index in [9.17, 15) is 9.46 Å². The molecule has 148 valence electrons. The summed E-state index contributed by atoms with van der Waals surface area (Å²) in [6.07, 6.45) is 0.432. The number of hydrogen-bond donors (Lipinski definition) is 2. The van der Waals surface area contributed by atoms with Crippen molar-refractivity contribution in [3.05, 3.63) is 54.1 Å². The second-order valence-electron chi connectivity index (χ2n) is 6.76. The topological polar surface area (TPSA) is 84.3 Å². The third-order valence-electron chi connectivity index (χ3n) is 4.46. The molecule has 0 radical (unpaired) electrons. The van der Waals surface area contributed by atoms with Crippen LogP contribution < -0.4 is 5.32 Å². The largest absolute Gasteiger partial charge is 0.370 e. The summed E-state index contributed by atoms with van der Waals surface area (Å²) in [7, 11) is -3.66. The molecule has 2 unspecified atom stereocenters. The maximum atomic E-state index is 12.3. The lowest BCUT2D eigenvalue weighted by molar-refractivity contribution is 0.185. The third-order valence-corrected chi connectivity index (χ3v) is 5.92. The predicted molar refractivity (Wildman–Crippen MR) is 114 cm³/mol. The van der Waals surface area contributed by atoms with Crippen LogP contribution in [0.5, 0.6) is 0 Å². The van der Waals surface area contributed by atoms with Crippen molar-refractivity contribution in [2.45, 2.75) is 39.5 Å². The maximum absolute atomic E-state index is 12.3. The molecule has 2 aromatic carbocycles. The highest BCUT2D eigenvalue weighted by Crippen LogP contribution is 2.47. The van der Waals surface area contributed by atoms with Crippen LogP contribution >= 0.6 is 7.60 Å². The van der Waals surface area contributed by atoms with E-state index >= 15 is 0 Å². The Labute approximate surface area is 165 Å². The molecule has 3 rings (SSSR count). The summed E-state index contributed by atoms with van der Waals surface area (Å²) in [5, 5.41) is 4.27. The second kappa shape index (κ2) is 8.82. The number of para-hydroxylation sites is 1. The lowest BCUT2D eigenvalue weighted by Crippen LogP contribution is -2.05. The highest BCUT2D eigenvalue weighted by Gasteiger charge is 2.22. The average Bonchev–Trinajstić information content (AvgIpc) is 2.68. The van der Waals surface area contributed by atoms with Crippen LogP contribution in [0.2, 0.25) is 0 Å². The monoisotopic (exact) mass is 399 g/mol. The summed E-state index contributed by atoms with van der Waals surface area (Å²) in [6, 6.07) is 15.3. The number of hydrogen-bond acceptors (Lipinski definition) is 5. The first-order valence-electron chi connectivity index (χ1n) is 9.52. The molecule has 0 spiro atoms. The van der Waals surface area contributed by atoms with Crippen LogP contribution in [0.4, 0.5) is 5.82 Å². The Kier molecular flexibility index (Phi) is 6.45. The lowest BCUT2D eigenvalue weighted by Gasteiger charge is -2.16. The van der Waals surface area contributed by atoms with Gasteiger partial charge in [0, 0.05) is 17.5 Å². The van der Waals surface area contributed by atoms with Gasteiger partial charge in [-0.15, -0.1) is 0 Å². The Hall–Kier alpha value is -2.27. The van der Waals surface area contributed by atoms with Crippen LogP contribution in [0.25, 0.3) is 22.3 Å². The number of aromatic nitrogens is 2. The second-order valence-corrected chi connectivity index (χ2v) is 8.56. The minimum Gasteiger partial charge on any atom is -0.370 e. The van der Waals surface area contributed by atoms with Crippen molar-refractivity contribution in [2.24, 2.45) is 0 Å². The highest BCUT2D eigenvalue weighted by molar-refractivity contribution is 7.51. The zero-order chi connectivity index (χ0) is 20.1. The van der Waals surface area contributed by atoms with Crippen LogP contribution in [-0.2, 0) is 15.3 Å². The highest BCUT2D eigenvalue weighted by atomic mass is 31.2. The van der Waals surface area contributed by atoms with E-state index in [1.165, 1.54) is 0 Å². The summed E-state index contributed by atoms with van der Waals surface area (Å²) < 4.78 is 17.5. The minimum absolute atomic E-state index is 0.0150. The van der Waals surface area contributed by atoms with Crippen molar-refractivity contribution in [3.63, 3.8) is 0 Å². The molecule has 0 aliphatic carbocycles. The SMILES string of the molecule is CCNc1nc(-c2ccc(CP(=O)(O)OC(C)CC)cc2)nc2ccccc12. The predicted octanol–water partition coefficient (Wildman–Crippen LogP) is 5.23. The summed E-state index contributed by atoms with van der Waals surface area (Å²) >= 11 is 0. The summed E-state index contributed by atoms with van der Waals surface area (Å²) in [5.74, 6) is 1.42. The van der Waals surface area contributed by atoms with E-state index in [2.05, 4.69) is 15.3 Å². The Bertz CT molecular complexity index is 992. The van der Waals surface area contributed by atoms with Crippen LogP contribution in [0, 0.1) is 0 Å². The van der Waals surface area contributed by atoms with Gasteiger partial charge in [-0.2, -0.15) is 0 Å². The molecule has 28 heavy (non-hydrogen) atoms. The van der Waals surface area contributed by atoms with Crippen molar-refractivity contribution >= 4 is 24.3 Å². The normalized spacial score (nSPS) is 14.6. The molecule has 0 bridgehead atoms. The fraction of sp³-hybridized carbons (Fsp3) is 0.333. The Morgan fingerprint density at radius 3 is 2.50 bits per heavy atom. The number of rotatable bonds is 8. The molecule has 3 aromatic rings. The van der Waals surface area contributed by atoms with Gasteiger partial charge in [0.25, 0.3) is 0 Å². The van der Waals surface area contributed by atoms with E-state index in [0.717, 1.165) is 34.4 Å². The summed E-state index contributed by atoms with van der Waals surface area (Å²) in [5.41, 5.74) is 2.46. The smallest absolute Gasteiger partial charge is 0.332 e. The van der Waals surface area contributed by atoms with Gasteiger partial charge in [0.05, 0.1) is 17.8 Å². The van der Waals surface area contributed by atoms with Crippen molar-refractivity contribution in [1.82, 2.24) is 9.97 Å². The molecule has 7 heteroatoms. The Morgan fingerprint density at radius 1 is 1.11 bits per heavy atom. The zero-order valence-electron chi connectivity index (χ0n) is 16.4. The molecule has 0 saturated carbocycles. The first-order valence-corrected chi connectivity index (χ1v) is 11.3. The average molecular weight is 399 g/mol. The van der Waals surface area contributed by atoms with Gasteiger partial charge in [-0.1, -0.05) is 43.3 Å². The fourth-order valence-electron chi connectivity index (χ4n) is 2.89. The van der Waals surface area contributed by atoms with Crippen LogP contribution in [0.1, 0.15) is 32.8 Å². The molecule has 1 heterocycles. The molecule has 2 atom stereocenters. The van der Waals surface area contributed by atoms with Crippen LogP contribution in [0.15, 0.2) is 48.5 Å². The van der Waals surface area contributed by atoms with Gasteiger partial charge in [0.15, 0.2) is 5.82 Å². The number of nitrogens with one attached hydrogen (secondary N) is 1. The maximum Gasteiger partial charge on any atom is 0.332 e. The van der Waals surface area contributed by atoms with Gasteiger partial charge in [0.2, 0.25) is 0 Å². The molecule has 0 amide bonds. The van der Waals surface area contributed by atoms with E-state index in [1.54, 1.807) is 6.92 Å². The molecular weight excluding hydrogens is 373 g/mol. The third kappa shape index (κ3) is 4.96. The van der Waals surface area contributed by atoms with Crippen LogP contribution in [0.3, 0.4) is 0 Å². The van der Waals surface area contributed by atoms with E-state index in [-0.39, 0.29) is 12.3 Å². The van der Waals surface area contributed by atoms with Crippen molar-refractivity contribution in [1.29, 1.82) is 0 Å². The molecule has 1 aromatic heterocycles. The number of nitrogens with zero attached hydrogens (tertiary/aromatic N) is 2. The van der Waals surface area contributed by atoms with Gasteiger partial charge in [-0.05, 0) is 38.0 Å². The number of fused-ring (bicyclic) bond motifs is 1. The molecule has 0 saturated heterocycles. The molecule has 0 aliphatic rings. The fourth-order valence-corrected chi connectivity index (χ4v) is 4.35. The molecule has 6 nitrogen and oxygen atoms in total. The molecule has 2 N–H and O–H groups in total. The standard InChI is InChI=1S/C21H26N3O3P/c1-4-15(3)27-28(25,26)14-16-10-12-17(13-11-16)20-23-19-9-7-6-8-18(19)21(24-20)22-5-2/h6-13,15H,4-5,14H2,1-3H3,(H,25,26)(H,22,23,24). The van der Waals surface area contributed by atoms with E-state index in [4.69, 9.17) is 4.52 Å². The van der Waals surface area contributed by atoms with Crippen molar-refractivity contribution in [2.75, 3.05) is 11.9 Å². The van der Waals surface area contributed by atoms with E-state index < -0.39 is 7.60 Å². The Morgan fingerprint density at radius 2 is 1.82 bits per heavy atom.